The maximum Gasteiger partial charge on any atom is 0.415 e. The molecule has 29 heavy (non-hydrogen) atoms. The van der Waals surface area contributed by atoms with Gasteiger partial charge < -0.3 is 9.64 Å². The lowest BCUT2D eigenvalue weighted by Crippen LogP contribution is -2.38. The van der Waals surface area contributed by atoms with E-state index in [4.69, 9.17) is 4.74 Å². The molecule has 0 spiro atoms. The van der Waals surface area contributed by atoms with Crippen LogP contribution >= 0.6 is 0 Å². The fourth-order valence-electron chi connectivity index (χ4n) is 2.79. The molecule has 1 aromatic heterocycles. The number of likely N-dealkylation sites (tertiary alicyclic amines) is 1. The quantitative estimate of drug-likeness (QED) is 0.436. The third-order valence-electron chi connectivity index (χ3n) is 4.35. The van der Waals surface area contributed by atoms with E-state index in [0.29, 0.717) is 31.6 Å². The van der Waals surface area contributed by atoms with Crippen molar-refractivity contribution < 1.29 is 18.8 Å². The monoisotopic (exact) mass is 395 g/mol. The second-order valence-electron chi connectivity index (χ2n) is 6.46. The lowest BCUT2D eigenvalue weighted by atomic mass is 10.0. The summed E-state index contributed by atoms with van der Waals surface area (Å²) < 4.78 is 18.9. The Morgan fingerprint density at radius 3 is 2.72 bits per heavy atom. The van der Waals surface area contributed by atoms with E-state index in [2.05, 4.69) is 16.8 Å². The lowest BCUT2D eigenvalue weighted by Gasteiger charge is -2.27. The van der Waals surface area contributed by atoms with Crippen LogP contribution in [0.5, 0.6) is 5.75 Å². The molecular formula is C21H18FN3O4. The van der Waals surface area contributed by atoms with Gasteiger partial charge in [-0.15, -0.1) is 0 Å². The van der Waals surface area contributed by atoms with Crippen LogP contribution in [0.4, 0.5) is 14.9 Å². The molecule has 0 saturated carbocycles. The number of halogens is 1. The largest absolute Gasteiger partial charge is 0.415 e. The molecule has 0 radical (unpaired) electrons. The highest BCUT2D eigenvalue weighted by Crippen LogP contribution is 2.24. The number of benzene rings is 1. The second-order valence-corrected chi connectivity index (χ2v) is 6.46. The number of non-ortho nitro benzene ring substituents is 1. The Kier molecular flexibility index (Phi) is 6.19. The van der Waals surface area contributed by atoms with Gasteiger partial charge in [0.25, 0.3) is 5.69 Å². The molecule has 3 rings (SSSR count). The zero-order valence-corrected chi connectivity index (χ0v) is 15.7. The number of amides is 1. The molecule has 1 aliphatic heterocycles. The van der Waals surface area contributed by atoms with Crippen LogP contribution in [0.15, 0.2) is 48.0 Å². The Morgan fingerprint density at radius 2 is 2.07 bits per heavy atom. The molecular weight excluding hydrogens is 377 g/mol. The number of aromatic nitrogens is 1. The minimum absolute atomic E-state index is 0.335. The Balaban J connectivity index is 1.55. The van der Waals surface area contributed by atoms with Gasteiger partial charge in [-0.2, -0.15) is 0 Å². The zero-order valence-electron chi connectivity index (χ0n) is 15.7. The molecule has 2 heterocycles. The summed E-state index contributed by atoms with van der Waals surface area (Å²) in [6.07, 6.45) is 2.41. The third-order valence-corrected chi connectivity index (χ3v) is 4.35. The molecule has 1 amide bonds. The number of piperidine rings is 1. The van der Waals surface area contributed by atoms with Crippen LogP contribution in [0.3, 0.4) is 0 Å². The van der Waals surface area contributed by atoms with Crippen molar-refractivity contribution >= 4 is 11.8 Å². The average molecular weight is 395 g/mol. The molecule has 0 atom stereocenters. The van der Waals surface area contributed by atoms with E-state index in [1.54, 1.807) is 0 Å². The zero-order chi connectivity index (χ0) is 20.8. The molecule has 0 bridgehead atoms. The van der Waals surface area contributed by atoms with Gasteiger partial charge in [-0.05, 0) is 50.0 Å². The number of rotatable bonds is 2. The van der Waals surface area contributed by atoms with Crippen LogP contribution in [0.1, 0.15) is 24.2 Å². The Hall–Kier alpha value is -3.73. The number of nitrogens with zero attached hydrogens (tertiary/aromatic N) is 3. The van der Waals surface area contributed by atoms with Gasteiger partial charge in [-0.3, -0.25) is 10.1 Å². The van der Waals surface area contributed by atoms with Crippen LogP contribution in [-0.4, -0.2) is 34.0 Å². The van der Waals surface area contributed by atoms with E-state index in [1.807, 2.05) is 31.2 Å². The SMILES string of the molecule is Cc1cccc(C#CC=C2CCN(C(=O)Oc3ccc([N+](=O)[O-])cc3F)CC2)n1. The highest BCUT2D eigenvalue weighted by atomic mass is 19.1. The van der Waals surface area contributed by atoms with Gasteiger partial charge in [0.1, 0.15) is 5.69 Å². The number of hydrogen-bond donors (Lipinski definition) is 0. The lowest BCUT2D eigenvalue weighted by molar-refractivity contribution is -0.385. The van der Waals surface area contributed by atoms with Crippen LogP contribution in [0, 0.1) is 34.7 Å². The number of pyridine rings is 1. The molecule has 7 nitrogen and oxygen atoms in total. The summed E-state index contributed by atoms with van der Waals surface area (Å²) >= 11 is 0. The number of aryl methyl sites for hydroxylation is 1. The highest BCUT2D eigenvalue weighted by molar-refractivity contribution is 5.71. The van der Waals surface area contributed by atoms with Crippen molar-refractivity contribution in [2.45, 2.75) is 19.8 Å². The Bertz CT molecular complexity index is 1030. The van der Waals surface area contributed by atoms with Gasteiger partial charge >= 0.3 is 6.09 Å². The number of carbonyl (C=O) groups excluding carboxylic acids is 1. The second kappa shape index (κ2) is 8.97. The fraction of sp³-hybridized carbons (Fsp3) is 0.238. The number of hydrogen-bond acceptors (Lipinski definition) is 5. The Labute approximate surface area is 167 Å². The van der Waals surface area contributed by atoms with Crippen LogP contribution in [0.25, 0.3) is 0 Å². The number of nitro benzene ring substituents is 1. The molecule has 148 valence electrons. The van der Waals surface area contributed by atoms with Gasteiger partial charge in [0, 0.05) is 24.8 Å². The normalized spacial score (nSPS) is 13.3. The first-order valence-electron chi connectivity index (χ1n) is 8.96. The van der Waals surface area contributed by atoms with E-state index in [0.717, 1.165) is 29.5 Å². The van der Waals surface area contributed by atoms with E-state index in [1.165, 1.54) is 4.90 Å². The average Bonchev–Trinajstić information content (AvgIpc) is 2.70. The van der Waals surface area contributed by atoms with Gasteiger partial charge in [0.2, 0.25) is 0 Å². The summed E-state index contributed by atoms with van der Waals surface area (Å²) in [5.74, 6) is 4.69. The number of ether oxygens (including phenoxy) is 1. The number of carbonyl (C=O) groups is 1. The summed E-state index contributed by atoms with van der Waals surface area (Å²) in [5.41, 5.74) is 2.31. The summed E-state index contributed by atoms with van der Waals surface area (Å²) in [4.78, 5) is 27.9. The van der Waals surface area contributed by atoms with Crippen molar-refractivity contribution in [1.29, 1.82) is 0 Å². The summed E-state index contributed by atoms with van der Waals surface area (Å²) in [7, 11) is 0. The van der Waals surface area contributed by atoms with E-state index in [-0.39, 0.29) is 5.75 Å². The third kappa shape index (κ3) is 5.39. The van der Waals surface area contributed by atoms with E-state index >= 15 is 0 Å². The van der Waals surface area contributed by atoms with Crippen LogP contribution in [-0.2, 0) is 0 Å². The summed E-state index contributed by atoms with van der Waals surface area (Å²) in [5, 5.41) is 10.6. The molecule has 1 saturated heterocycles. The molecule has 0 unspecified atom stereocenters. The van der Waals surface area contributed by atoms with Crippen molar-refractivity contribution in [2.75, 3.05) is 13.1 Å². The van der Waals surface area contributed by atoms with E-state index < -0.39 is 22.5 Å². The topological polar surface area (TPSA) is 85.6 Å². The smallest absolute Gasteiger partial charge is 0.407 e. The molecule has 1 aromatic carbocycles. The van der Waals surface area contributed by atoms with Crippen molar-refractivity contribution in [2.24, 2.45) is 0 Å². The van der Waals surface area contributed by atoms with Gasteiger partial charge in [0.15, 0.2) is 11.6 Å². The van der Waals surface area contributed by atoms with Gasteiger partial charge in [-0.1, -0.05) is 17.6 Å². The maximum atomic E-state index is 13.9. The highest BCUT2D eigenvalue weighted by Gasteiger charge is 2.22. The number of nitro groups is 1. The minimum Gasteiger partial charge on any atom is -0.407 e. The predicted octanol–water partition coefficient (Wildman–Crippen LogP) is 4.01. The maximum absolute atomic E-state index is 13.9. The van der Waals surface area contributed by atoms with Crippen molar-refractivity contribution in [3.63, 3.8) is 0 Å². The number of allylic oxidation sites excluding steroid dienone is 1. The predicted molar refractivity (Wildman–Crippen MR) is 104 cm³/mol. The molecule has 1 fully saturated rings. The molecule has 2 aromatic rings. The summed E-state index contributed by atoms with van der Waals surface area (Å²) in [6, 6.07) is 8.54. The van der Waals surface area contributed by atoms with Gasteiger partial charge in [0.05, 0.1) is 11.0 Å². The summed E-state index contributed by atoms with van der Waals surface area (Å²) in [6.45, 7) is 2.74. The fourth-order valence-corrected chi connectivity index (χ4v) is 2.79. The van der Waals surface area contributed by atoms with Crippen LogP contribution in [0.2, 0.25) is 0 Å². The molecule has 8 heteroatoms. The first-order chi connectivity index (χ1) is 13.9. The Morgan fingerprint density at radius 1 is 1.31 bits per heavy atom. The van der Waals surface area contributed by atoms with Crippen molar-refractivity contribution in [1.82, 2.24) is 9.88 Å². The first-order valence-corrected chi connectivity index (χ1v) is 8.96. The van der Waals surface area contributed by atoms with Crippen molar-refractivity contribution in [3.8, 4) is 17.6 Å². The van der Waals surface area contributed by atoms with Gasteiger partial charge in [-0.25, -0.2) is 14.2 Å². The minimum atomic E-state index is -0.954. The van der Waals surface area contributed by atoms with E-state index in [9.17, 15) is 19.3 Å². The van der Waals surface area contributed by atoms with Crippen LogP contribution < -0.4 is 4.74 Å². The standard InChI is InChI=1S/C21H18FN3O4/c1-15-4-2-6-17(23-15)7-3-5-16-10-12-24(13-11-16)21(26)29-20-9-8-18(25(27)28)14-19(20)22/h2,4-6,8-9,14H,10-13H2,1H3. The molecule has 0 aliphatic carbocycles. The molecule has 0 N–H and O–H groups in total. The van der Waals surface area contributed by atoms with Crippen molar-refractivity contribution in [3.05, 3.63) is 75.4 Å². The first kappa shape index (κ1) is 20.0. The molecule has 1 aliphatic rings.